The number of nitrogens with zero attached hydrogens (tertiary/aromatic N) is 1. The fourth-order valence-corrected chi connectivity index (χ4v) is 7.44. The molecule has 0 saturated carbocycles. The largest absolute Gasteiger partial charge is 0.508 e. The summed E-state index contributed by atoms with van der Waals surface area (Å²) in [7, 11) is 1.27. The number of phosphoric ester groups is 1. The molecule has 18 heteroatoms. The molecule has 0 aliphatic rings. The molecule has 0 aromatic heterocycles. The maximum Gasteiger partial charge on any atom is 0.472 e. The zero-order valence-electron chi connectivity index (χ0n) is 40.9. The normalized spacial score (nSPS) is 14.3. The van der Waals surface area contributed by atoms with Crippen molar-refractivity contribution in [1.82, 2.24) is 10.6 Å². The van der Waals surface area contributed by atoms with Gasteiger partial charge < -0.3 is 44.4 Å². The number of carboxylic acid groups (broad SMARTS) is 1. The lowest BCUT2D eigenvalue weighted by molar-refractivity contribution is -0.870. The molecule has 17 nitrogen and oxygen atoms in total. The molecule has 1 aromatic rings. The van der Waals surface area contributed by atoms with E-state index in [0.717, 1.165) is 19.3 Å². The molecule has 0 bridgehead atoms. The molecule has 380 valence electrons. The predicted molar refractivity (Wildman–Crippen MR) is 252 cm³/mol. The lowest BCUT2D eigenvalue weighted by Crippen LogP contribution is -2.51. The van der Waals surface area contributed by atoms with Gasteiger partial charge >= 0.3 is 25.7 Å². The minimum Gasteiger partial charge on any atom is -0.508 e. The van der Waals surface area contributed by atoms with E-state index in [-0.39, 0.29) is 44.1 Å². The van der Waals surface area contributed by atoms with Crippen LogP contribution in [0.15, 0.2) is 24.3 Å². The Kier molecular flexibility index (Phi) is 32.5. The highest BCUT2D eigenvalue weighted by Gasteiger charge is 2.28. The predicted octanol–water partition coefficient (Wildman–Crippen LogP) is 7.78. The van der Waals surface area contributed by atoms with Crippen molar-refractivity contribution in [1.29, 1.82) is 0 Å². The van der Waals surface area contributed by atoms with E-state index in [4.69, 9.17) is 23.3 Å². The van der Waals surface area contributed by atoms with Crippen molar-refractivity contribution in [2.75, 3.05) is 60.7 Å². The van der Waals surface area contributed by atoms with E-state index in [1.54, 1.807) is 19.1 Å². The average Bonchev–Trinajstić information content (AvgIpc) is 3.25. The number of likely N-dealkylation sites (N-methyl/N-ethyl adjacent to an activating group) is 1. The Morgan fingerprint density at radius 1 is 0.682 bits per heavy atom. The molecule has 2 unspecified atom stereocenters. The number of phenolic OH excluding ortho intramolecular Hbond substituents is 1. The van der Waals surface area contributed by atoms with Crippen LogP contribution in [0.5, 0.6) is 5.75 Å². The molecule has 0 aliphatic heterocycles. The fourth-order valence-electron chi connectivity index (χ4n) is 6.70. The van der Waals surface area contributed by atoms with Gasteiger partial charge in [0.1, 0.15) is 37.6 Å². The molecule has 0 heterocycles. The van der Waals surface area contributed by atoms with Crippen LogP contribution in [0.2, 0.25) is 0 Å². The number of carboxylic acids is 1. The Bertz CT molecular complexity index is 1560. The molecule has 0 saturated heterocycles. The van der Waals surface area contributed by atoms with E-state index < -0.39 is 62.4 Å². The first-order valence-electron chi connectivity index (χ1n) is 24.3. The SMILES string of the molecule is CCCCCCCCCCCCCCCC(=O)OC[C@H](COP(=O)(O)OCC[N+](C)(C)C)OC(=O)CCCCOCCCC[C@H](C)C(=O)NC(C)C(=O)N[C@@H](Cc1ccc(O)cc1)C(=O)O. The minimum absolute atomic E-state index is 0.00915. The van der Waals surface area contributed by atoms with Crippen molar-refractivity contribution in [3.63, 3.8) is 0 Å². The van der Waals surface area contributed by atoms with Crippen molar-refractivity contribution in [3.8, 4) is 5.75 Å². The molecule has 2 amide bonds. The number of amides is 2. The van der Waals surface area contributed by atoms with Crippen molar-refractivity contribution >= 4 is 37.5 Å². The van der Waals surface area contributed by atoms with Gasteiger partial charge in [0.2, 0.25) is 11.8 Å². The van der Waals surface area contributed by atoms with Crippen molar-refractivity contribution in [2.24, 2.45) is 5.92 Å². The van der Waals surface area contributed by atoms with Gasteiger partial charge in [0.15, 0.2) is 6.10 Å². The van der Waals surface area contributed by atoms with E-state index in [0.29, 0.717) is 68.3 Å². The lowest BCUT2D eigenvalue weighted by Gasteiger charge is -2.24. The Morgan fingerprint density at radius 2 is 1.23 bits per heavy atom. The second kappa shape index (κ2) is 35.5. The lowest BCUT2D eigenvalue weighted by atomic mass is 10.0. The molecule has 0 spiro atoms. The number of quaternary nitrogens is 1. The molecule has 1 aromatic carbocycles. The number of nitrogens with one attached hydrogen (secondary N) is 2. The maximum atomic E-state index is 12.8. The number of benzene rings is 1. The van der Waals surface area contributed by atoms with Crippen LogP contribution in [0, 0.1) is 5.92 Å². The number of carbonyl (C=O) groups is 5. The summed E-state index contributed by atoms with van der Waals surface area (Å²) in [6.45, 7) is 5.91. The van der Waals surface area contributed by atoms with Gasteiger partial charge in [-0.25, -0.2) is 9.36 Å². The molecular formula is C48H85N3O14P+. The van der Waals surface area contributed by atoms with Crippen LogP contribution in [0.3, 0.4) is 0 Å². The molecule has 0 fully saturated rings. The molecule has 1 rings (SSSR count). The van der Waals surface area contributed by atoms with Crippen LogP contribution < -0.4 is 10.6 Å². The van der Waals surface area contributed by atoms with Gasteiger partial charge in [-0.1, -0.05) is 109 Å². The van der Waals surface area contributed by atoms with Gasteiger partial charge in [0, 0.05) is 38.4 Å². The number of unbranched alkanes of at least 4 members (excludes halogenated alkanes) is 14. The van der Waals surface area contributed by atoms with Gasteiger partial charge in [0.25, 0.3) is 0 Å². The number of ether oxygens (including phenoxy) is 3. The summed E-state index contributed by atoms with van der Waals surface area (Å²) >= 11 is 0. The highest BCUT2D eigenvalue weighted by atomic mass is 31.2. The standard InChI is InChI=1S/C48H84N3O14P/c1-7-8-9-10-11-12-13-14-15-16-17-18-19-25-44(53)62-36-42(37-64-66(59,60)63-34-31-51(4,5)6)65-45(54)26-21-23-33-61-32-22-20-24-38(2)46(55)49-39(3)47(56)50-43(48(57)58)35-40-27-29-41(52)30-28-40/h27-30,38-39,42-43H,7-26,31-37H2,1-6H3,(H4-,49,50,52,55,56,57,58,59,60)/p+1/t38-,39?,42+,43-/m0/s1. The average molecular weight is 959 g/mol. The van der Waals surface area contributed by atoms with E-state index >= 15 is 0 Å². The summed E-state index contributed by atoms with van der Waals surface area (Å²) in [5.74, 6) is -3.55. The Hall–Kier alpha value is -3.60. The first-order valence-corrected chi connectivity index (χ1v) is 25.8. The molecule has 5 N–H and O–H groups in total. The number of aromatic hydroxyl groups is 1. The summed E-state index contributed by atoms with van der Waals surface area (Å²) in [6, 6.07) is 3.84. The van der Waals surface area contributed by atoms with Crippen LogP contribution in [-0.4, -0.2) is 128 Å². The number of carbonyl (C=O) groups excluding carboxylic acids is 4. The van der Waals surface area contributed by atoms with Crippen LogP contribution in [0.25, 0.3) is 0 Å². The highest BCUT2D eigenvalue weighted by molar-refractivity contribution is 7.47. The molecular weight excluding hydrogens is 874 g/mol. The van der Waals surface area contributed by atoms with Gasteiger partial charge in [-0.2, -0.15) is 0 Å². The third-order valence-corrected chi connectivity index (χ3v) is 11.9. The first-order chi connectivity index (χ1) is 31.3. The summed E-state index contributed by atoms with van der Waals surface area (Å²) in [4.78, 5) is 72.7. The molecule has 66 heavy (non-hydrogen) atoms. The van der Waals surface area contributed by atoms with Gasteiger partial charge in [-0.05, 0) is 56.7 Å². The van der Waals surface area contributed by atoms with E-state index in [9.17, 15) is 43.6 Å². The number of aliphatic carboxylic acids is 1. The molecule has 0 aliphatic carbocycles. The number of phosphoric acid groups is 1. The summed E-state index contributed by atoms with van der Waals surface area (Å²) in [5, 5.41) is 24.2. The Balaban J connectivity index is 2.38. The second-order valence-corrected chi connectivity index (χ2v) is 19.8. The monoisotopic (exact) mass is 959 g/mol. The number of hydrogen-bond donors (Lipinski definition) is 5. The van der Waals surface area contributed by atoms with Crippen LogP contribution in [0.4, 0.5) is 0 Å². The van der Waals surface area contributed by atoms with E-state index in [1.165, 1.54) is 76.8 Å². The third kappa shape index (κ3) is 33.0. The smallest absolute Gasteiger partial charge is 0.472 e. The van der Waals surface area contributed by atoms with Crippen molar-refractivity contribution in [3.05, 3.63) is 29.8 Å². The topological polar surface area (TPSA) is 233 Å². The van der Waals surface area contributed by atoms with E-state index in [2.05, 4.69) is 17.6 Å². The number of hydrogen-bond acceptors (Lipinski definition) is 12. The van der Waals surface area contributed by atoms with Gasteiger partial charge in [-0.3, -0.25) is 28.2 Å². The van der Waals surface area contributed by atoms with E-state index in [1.807, 2.05) is 21.1 Å². The van der Waals surface area contributed by atoms with Gasteiger partial charge in [-0.15, -0.1) is 0 Å². The number of rotatable bonds is 41. The molecule has 0 radical (unpaired) electrons. The number of esters is 2. The summed E-state index contributed by atoms with van der Waals surface area (Å²) in [6.07, 6.45) is 17.5. The second-order valence-electron chi connectivity index (χ2n) is 18.4. The Morgan fingerprint density at radius 3 is 1.80 bits per heavy atom. The van der Waals surface area contributed by atoms with Crippen LogP contribution in [-0.2, 0) is 58.2 Å². The third-order valence-electron chi connectivity index (χ3n) is 10.9. The quantitative estimate of drug-likeness (QED) is 0.0183. The zero-order valence-corrected chi connectivity index (χ0v) is 41.8. The van der Waals surface area contributed by atoms with Crippen LogP contribution in [0.1, 0.15) is 155 Å². The van der Waals surface area contributed by atoms with Crippen molar-refractivity contribution < 1.29 is 71.4 Å². The minimum atomic E-state index is -4.46. The first kappa shape index (κ1) is 60.4. The number of phenols is 1. The van der Waals surface area contributed by atoms with Crippen molar-refractivity contribution in [2.45, 2.75) is 174 Å². The zero-order chi connectivity index (χ0) is 49.2. The Labute approximate surface area is 394 Å². The maximum absolute atomic E-state index is 12.8. The highest BCUT2D eigenvalue weighted by Crippen LogP contribution is 2.43. The summed E-state index contributed by atoms with van der Waals surface area (Å²) < 4.78 is 39.9. The van der Waals surface area contributed by atoms with Gasteiger partial charge in [0.05, 0.1) is 27.7 Å². The molecule has 5 atom stereocenters. The summed E-state index contributed by atoms with van der Waals surface area (Å²) in [5.41, 5.74) is 0.616. The van der Waals surface area contributed by atoms with Crippen LogP contribution >= 0.6 is 7.82 Å². The fraction of sp³-hybridized carbons (Fsp3) is 0.771.